The monoisotopic (exact) mass is 363 g/mol. The number of alkyl halides is 3. The van der Waals surface area contributed by atoms with Gasteiger partial charge < -0.3 is 5.32 Å². The molecule has 0 saturated carbocycles. The van der Waals surface area contributed by atoms with Crippen molar-refractivity contribution in [2.45, 2.75) is 13.1 Å². The summed E-state index contributed by atoms with van der Waals surface area (Å²) in [5.74, 6) is -0.553. The summed E-state index contributed by atoms with van der Waals surface area (Å²) in [5.41, 5.74) is -1.61. The first-order valence-corrected chi connectivity index (χ1v) is 7.35. The number of rotatable bonds is 3. The molecule has 0 bridgehead atoms. The van der Waals surface area contributed by atoms with Gasteiger partial charge in [-0.15, -0.1) is 0 Å². The van der Waals surface area contributed by atoms with Crippen LogP contribution >= 0.6 is 0 Å². The number of nitrogens with one attached hydrogen (secondary N) is 2. The van der Waals surface area contributed by atoms with Crippen LogP contribution in [0.1, 0.15) is 21.7 Å². The molecular weight excluding hydrogens is 351 g/mol. The fourth-order valence-electron chi connectivity index (χ4n) is 2.29. The molecule has 0 fully saturated rings. The minimum absolute atomic E-state index is 0.0768. The van der Waals surface area contributed by atoms with Gasteiger partial charge in [-0.05, 0) is 25.1 Å². The lowest BCUT2D eigenvalue weighted by molar-refractivity contribution is -0.137. The van der Waals surface area contributed by atoms with Crippen LogP contribution in [0.2, 0.25) is 0 Å². The Balaban J connectivity index is 2.04. The van der Waals surface area contributed by atoms with E-state index in [1.807, 2.05) is 0 Å². The summed E-state index contributed by atoms with van der Waals surface area (Å²) in [5, 5.41) is 12.5. The van der Waals surface area contributed by atoms with E-state index < -0.39 is 28.8 Å². The van der Waals surface area contributed by atoms with Gasteiger partial charge in [0.05, 0.1) is 17.4 Å². The van der Waals surface area contributed by atoms with Gasteiger partial charge in [0.15, 0.2) is 5.69 Å². The summed E-state index contributed by atoms with van der Waals surface area (Å²) in [6.45, 7) is 1.51. The van der Waals surface area contributed by atoms with Gasteiger partial charge in [-0.2, -0.15) is 23.4 Å². The van der Waals surface area contributed by atoms with Gasteiger partial charge in [0.2, 0.25) is 5.43 Å². The van der Waals surface area contributed by atoms with Crippen molar-refractivity contribution >= 4 is 11.7 Å². The Morgan fingerprint density at radius 1 is 1.23 bits per heavy atom. The number of amides is 1. The van der Waals surface area contributed by atoms with Crippen LogP contribution in [0.25, 0.3) is 5.69 Å². The van der Waals surface area contributed by atoms with Crippen LogP contribution in [-0.4, -0.2) is 25.9 Å². The van der Waals surface area contributed by atoms with Crippen molar-refractivity contribution in [3.8, 4) is 5.69 Å². The number of benzene rings is 1. The second-order valence-electron chi connectivity index (χ2n) is 5.38. The normalized spacial score (nSPS) is 11.4. The average molecular weight is 363 g/mol. The molecule has 0 spiro atoms. The number of aromatic nitrogens is 4. The summed E-state index contributed by atoms with van der Waals surface area (Å²) >= 11 is 0. The van der Waals surface area contributed by atoms with E-state index >= 15 is 0 Å². The van der Waals surface area contributed by atoms with E-state index in [-0.39, 0.29) is 17.2 Å². The quantitative estimate of drug-likeness (QED) is 0.748. The van der Waals surface area contributed by atoms with Crippen molar-refractivity contribution in [3.63, 3.8) is 0 Å². The summed E-state index contributed by atoms with van der Waals surface area (Å²) in [4.78, 5) is 24.3. The van der Waals surface area contributed by atoms with Gasteiger partial charge in [0.25, 0.3) is 5.91 Å². The van der Waals surface area contributed by atoms with Crippen LogP contribution in [0.5, 0.6) is 0 Å². The molecule has 26 heavy (non-hydrogen) atoms. The number of hydrogen-bond donors (Lipinski definition) is 2. The Bertz CT molecular complexity index is 1010. The highest BCUT2D eigenvalue weighted by molar-refractivity contribution is 6.02. The van der Waals surface area contributed by atoms with Crippen LogP contribution in [0.3, 0.4) is 0 Å². The van der Waals surface area contributed by atoms with Crippen LogP contribution < -0.4 is 10.7 Å². The maximum atomic E-state index is 12.9. The van der Waals surface area contributed by atoms with Crippen LogP contribution in [0, 0.1) is 6.92 Å². The number of halogens is 3. The Kier molecular flexibility index (Phi) is 4.33. The molecule has 0 saturated heterocycles. The molecule has 0 aliphatic rings. The third-order valence-corrected chi connectivity index (χ3v) is 3.49. The van der Waals surface area contributed by atoms with E-state index in [0.29, 0.717) is 0 Å². The maximum Gasteiger partial charge on any atom is 0.416 e. The zero-order valence-electron chi connectivity index (χ0n) is 13.3. The molecule has 3 rings (SSSR count). The molecule has 1 amide bonds. The third kappa shape index (κ3) is 3.48. The predicted molar refractivity (Wildman–Crippen MR) is 86.1 cm³/mol. The molecule has 10 heteroatoms. The van der Waals surface area contributed by atoms with E-state index in [9.17, 15) is 22.8 Å². The third-order valence-electron chi connectivity index (χ3n) is 3.49. The van der Waals surface area contributed by atoms with E-state index in [1.54, 1.807) is 0 Å². The van der Waals surface area contributed by atoms with Gasteiger partial charge in [0, 0.05) is 17.8 Å². The Labute approximate surface area is 144 Å². The molecule has 134 valence electrons. The number of hydrogen-bond acceptors (Lipinski definition) is 4. The van der Waals surface area contributed by atoms with Crippen LogP contribution in [-0.2, 0) is 6.18 Å². The second-order valence-corrected chi connectivity index (χ2v) is 5.38. The van der Waals surface area contributed by atoms with Gasteiger partial charge in [-0.25, -0.2) is 4.68 Å². The van der Waals surface area contributed by atoms with Crippen LogP contribution in [0.4, 0.5) is 19.0 Å². The number of carbonyl (C=O) groups excluding carboxylic acids is 1. The first-order chi connectivity index (χ1) is 12.3. The van der Waals surface area contributed by atoms with E-state index in [1.165, 1.54) is 31.3 Å². The van der Waals surface area contributed by atoms with E-state index in [0.717, 1.165) is 22.9 Å². The number of carbonyl (C=O) groups is 1. The van der Waals surface area contributed by atoms with E-state index in [4.69, 9.17) is 0 Å². The second kappa shape index (κ2) is 6.47. The highest BCUT2D eigenvalue weighted by atomic mass is 19.4. The lowest BCUT2D eigenvalue weighted by Gasteiger charge is -2.13. The molecule has 0 unspecified atom stereocenters. The molecule has 2 N–H and O–H groups in total. The molecule has 0 atom stereocenters. The molecule has 0 radical (unpaired) electrons. The fourth-order valence-corrected chi connectivity index (χ4v) is 2.29. The number of anilines is 1. The van der Waals surface area contributed by atoms with Gasteiger partial charge in [-0.3, -0.25) is 14.7 Å². The zero-order chi connectivity index (χ0) is 18.9. The Morgan fingerprint density at radius 2 is 2.00 bits per heavy atom. The highest BCUT2D eigenvalue weighted by Gasteiger charge is 2.30. The molecule has 1 aromatic carbocycles. The molecular formula is C16H12F3N5O2. The summed E-state index contributed by atoms with van der Waals surface area (Å²) < 4.78 is 39.9. The first kappa shape index (κ1) is 17.4. The summed E-state index contributed by atoms with van der Waals surface area (Å²) in [6.07, 6.45) is -3.12. The topological polar surface area (TPSA) is 92.7 Å². The average Bonchev–Trinajstić information content (AvgIpc) is 3.07. The number of aryl methyl sites for hydroxylation is 1. The lowest BCUT2D eigenvalue weighted by Crippen LogP contribution is -2.27. The van der Waals surface area contributed by atoms with Gasteiger partial charge in [-0.1, -0.05) is 6.07 Å². The summed E-state index contributed by atoms with van der Waals surface area (Å²) in [7, 11) is 0. The first-order valence-electron chi connectivity index (χ1n) is 7.35. The SMILES string of the molecule is Cc1cc(=O)c(C(=O)Nc2ccn[nH]2)nn1-c1cccc(C(F)(F)F)c1. The molecule has 7 nitrogen and oxygen atoms in total. The Hall–Kier alpha value is -3.43. The van der Waals surface area contributed by atoms with E-state index in [2.05, 4.69) is 20.6 Å². The maximum absolute atomic E-state index is 12.9. The lowest BCUT2D eigenvalue weighted by atomic mass is 10.2. The van der Waals surface area contributed by atoms with Crippen molar-refractivity contribution < 1.29 is 18.0 Å². The molecule has 2 aromatic heterocycles. The van der Waals surface area contributed by atoms with Crippen molar-refractivity contribution in [1.82, 2.24) is 20.0 Å². The standard InChI is InChI=1S/C16H12F3N5O2/c1-9-7-12(25)14(15(26)21-13-5-6-20-22-13)23-24(9)11-4-2-3-10(8-11)16(17,18)19/h2-8H,1H3,(H2,20,21,22,26). The molecule has 3 aromatic rings. The van der Waals surface area contributed by atoms with Crippen molar-refractivity contribution in [2.75, 3.05) is 5.32 Å². The molecule has 2 heterocycles. The van der Waals surface area contributed by atoms with Crippen molar-refractivity contribution in [3.05, 3.63) is 69.8 Å². The van der Waals surface area contributed by atoms with Gasteiger partial charge >= 0.3 is 6.18 Å². The largest absolute Gasteiger partial charge is 0.416 e. The Morgan fingerprint density at radius 3 is 2.65 bits per heavy atom. The summed E-state index contributed by atoms with van der Waals surface area (Å²) in [6, 6.07) is 7.04. The fraction of sp³-hybridized carbons (Fsp3) is 0.125. The zero-order valence-corrected chi connectivity index (χ0v) is 13.3. The minimum atomic E-state index is -4.52. The number of H-pyrrole nitrogens is 1. The molecule has 0 aliphatic carbocycles. The van der Waals surface area contributed by atoms with Crippen molar-refractivity contribution in [2.24, 2.45) is 0 Å². The molecule has 0 aliphatic heterocycles. The van der Waals surface area contributed by atoms with Crippen LogP contribution in [0.15, 0.2) is 47.4 Å². The highest BCUT2D eigenvalue weighted by Crippen LogP contribution is 2.30. The number of nitrogens with zero attached hydrogens (tertiary/aromatic N) is 3. The van der Waals surface area contributed by atoms with Gasteiger partial charge in [0.1, 0.15) is 5.82 Å². The number of aromatic amines is 1. The predicted octanol–water partition coefficient (Wildman–Crippen LogP) is 2.54. The minimum Gasteiger partial charge on any atom is -0.305 e. The smallest absolute Gasteiger partial charge is 0.305 e. The van der Waals surface area contributed by atoms with Crippen molar-refractivity contribution in [1.29, 1.82) is 0 Å².